The van der Waals surface area contributed by atoms with Crippen LogP contribution in [0, 0.1) is 0 Å². The van der Waals surface area contributed by atoms with Crippen LogP contribution >= 0.6 is 0 Å². The minimum atomic E-state index is -0.318. The third kappa shape index (κ3) is 9.22. The number of ether oxygens (including phenoxy) is 2. The molecule has 1 heterocycles. The van der Waals surface area contributed by atoms with Gasteiger partial charge in [0.15, 0.2) is 0 Å². The van der Waals surface area contributed by atoms with Gasteiger partial charge >= 0.3 is 5.97 Å². The summed E-state index contributed by atoms with van der Waals surface area (Å²) in [6.45, 7) is 13.8. The third-order valence-electron chi connectivity index (χ3n) is 4.57. The zero-order valence-electron chi connectivity index (χ0n) is 19.4. The molecule has 0 spiro atoms. The van der Waals surface area contributed by atoms with E-state index in [1.807, 2.05) is 65.1 Å². The number of likely N-dealkylation sites (N-methyl/N-ethyl adjacent to an activating group) is 1. The van der Waals surface area contributed by atoms with E-state index < -0.39 is 0 Å². The molecule has 1 aliphatic rings. The van der Waals surface area contributed by atoms with E-state index in [0.29, 0.717) is 31.2 Å². The second-order valence-electron chi connectivity index (χ2n) is 7.99. The summed E-state index contributed by atoms with van der Waals surface area (Å²) in [5.41, 5.74) is 2.70. The Morgan fingerprint density at radius 3 is 2.39 bits per heavy atom. The molecule has 6 nitrogen and oxygen atoms in total. The van der Waals surface area contributed by atoms with Crippen molar-refractivity contribution in [2.45, 2.75) is 45.8 Å². The normalized spacial score (nSPS) is 16.1. The number of hydrogen-bond donors (Lipinski definition) is 1. The molecule has 1 aliphatic heterocycles. The second-order valence-corrected chi connectivity index (χ2v) is 7.99. The van der Waals surface area contributed by atoms with Crippen LogP contribution in [0.25, 0.3) is 0 Å². The van der Waals surface area contributed by atoms with Gasteiger partial charge in [-0.2, -0.15) is 0 Å². The predicted octanol–water partition coefficient (Wildman–Crippen LogP) is 4.41. The van der Waals surface area contributed by atoms with Gasteiger partial charge in [-0.1, -0.05) is 36.9 Å². The fourth-order valence-corrected chi connectivity index (χ4v) is 2.88. The standard InChI is InChI=1S/C20H26N2O2.C5H10O2/c1-4-6-7-18(5-2)22-14-12-19(22)16-8-10-17(11-9-16)20(23)24-15-13-21-3;1-5(2,3)7-4-6/h4-11,19,21H,1,12-15H2,2-3H3;4H,1-3H3/b7-6-,18-5+;. The largest absolute Gasteiger partial charge is 0.462 e. The molecule has 0 saturated carbocycles. The van der Waals surface area contributed by atoms with Gasteiger partial charge in [0.25, 0.3) is 6.47 Å². The van der Waals surface area contributed by atoms with E-state index in [9.17, 15) is 9.59 Å². The zero-order chi connectivity index (χ0) is 23.3. The average Bonchev–Trinajstić information content (AvgIpc) is 2.70. The highest BCUT2D eigenvalue weighted by Gasteiger charge is 2.29. The van der Waals surface area contributed by atoms with Crippen molar-refractivity contribution in [1.82, 2.24) is 10.2 Å². The molecule has 0 bridgehead atoms. The Hall–Kier alpha value is -2.86. The van der Waals surface area contributed by atoms with Crippen LogP contribution in [-0.4, -0.2) is 49.7 Å². The second kappa shape index (κ2) is 13.4. The first-order valence-corrected chi connectivity index (χ1v) is 10.5. The lowest BCUT2D eigenvalue weighted by molar-refractivity contribution is -0.138. The summed E-state index contributed by atoms with van der Waals surface area (Å²) < 4.78 is 9.74. The Balaban J connectivity index is 0.000000592. The van der Waals surface area contributed by atoms with Crippen LogP contribution in [-0.2, 0) is 14.3 Å². The van der Waals surface area contributed by atoms with Gasteiger partial charge in [-0.15, -0.1) is 0 Å². The molecule has 1 N–H and O–H groups in total. The van der Waals surface area contributed by atoms with Crippen LogP contribution in [0.15, 0.2) is 60.8 Å². The smallest absolute Gasteiger partial charge is 0.338 e. The fraction of sp³-hybridized carbons (Fsp3) is 0.440. The number of carbonyl (C=O) groups excluding carboxylic acids is 2. The monoisotopic (exact) mass is 428 g/mol. The molecule has 2 rings (SSSR count). The van der Waals surface area contributed by atoms with Gasteiger partial charge in [0.1, 0.15) is 12.2 Å². The molecule has 0 aromatic heterocycles. The molecule has 1 saturated heterocycles. The highest BCUT2D eigenvalue weighted by molar-refractivity contribution is 5.89. The summed E-state index contributed by atoms with van der Waals surface area (Å²) >= 11 is 0. The maximum absolute atomic E-state index is 11.9. The van der Waals surface area contributed by atoms with Crippen LogP contribution in [0.5, 0.6) is 0 Å². The van der Waals surface area contributed by atoms with Gasteiger partial charge in [-0.25, -0.2) is 4.79 Å². The van der Waals surface area contributed by atoms with Crippen LogP contribution in [0.1, 0.15) is 56.1 Å². The van der Waals surface area contributed by atoms with Gasteiger partial charge in [0, 0.05) is 18.8 Å². The molecule has 0 amide bonds. The lowest BCUT2D eigenvalue weighted by Crippen LogP contribution is -2.39. The van der Waals surface area contributed by atoms with Crippen LogP contribution in [0.4, 0.5) is 0 Å². The lowest BCUT2D eigenvalue weighted by atomic mass is 9.93. The van der Waals surface area contributed by atoms with Crippen molar-refractivity contribution in [3.63, 3.8) is 0 Å². The number of benzene rings is 1. The van der Waals surface area contributed by atoms with Crippen molar-refractivity contribution < 1.29 is 19.1 Å². The number of carbonyl (C=O) groups is 2. The van der Waals surface area contributed by atoms with Crippen molar-refractivity contribution in [3.05, 3.63) is 72.0 Å². The number of nitrogens with one attached hydrogen (secondary N) is 1. The Bertz CT molecular complexity index is 761. The van der Waals surface area contributed by atoms with E-state index >= 15 is 0 Å². The molecule has 1 unspecified atom stereocenters. The summed E-state index contributed by atoms with van der Waals surface area (Å²) in [4.78, 5) is 23.9. The number of esters is 1. The molecule has 6 heteroatoms. The topological polar surface area (TPSA) is 67.9 Å². The predicted molar refractivity (Wildman–Crippen MR) is 125 cm³/mol. The highest BCUT2D eigenvalue weighted by atomic mass is 16.5. The van der Waals surface area contributed by atoms with E-state index in [1.165, 1.54) is 11.3 Å². The van der Waals surface area contributed by atoms with Gasteiger partial charge in [-0.05, 0) is 64.9 Å². The Morgan fingerprint density at radius 1 is 1.29 bits per heavy atom. The Kier molecular flexibility index (Phi) is 11.4. The maximum atomic E-state index is 11.9. The molecular formula is C25H36N2O4. The van der Waals surface area contributed by atoms with Crippen molar-refractivity contribution in [1.29, 1.82) is 0 Å². The molecule has 1 atom stereocenters. The summed E-state index contributed by atoms with van der Waals surface area (Å²) in [7, 11) is 1.83. The third-order valence-corrected chi connectivity index (χ3v) is 4.57. The van der Waals surface area contributed by atoms with Crippen LogP contribution < -0.4 is 5.32 Å². The zero-order valence-corrected chi connectivity index (χ0v) is 19.4. The van der Waals surface area contributed by atoms with Crippen LogP contribution in [0.3, 0.4) is 0 Å². The first-order chi connectivity index (χ1) is 14.8. The summed E-state index contributed by atoms with van der Waals surface area (Å²) in [6, 6.07) is 8.11. The van der Waals surface area contributed by atoms with Crippen molar-refractivity contribution in [2.75, 3.05) is 26.7 Å². The number of allylic oxidation sites excluding steroid dienone is 4. The van der Waals surface area contributed by atoms with E-state index in [1.54, 1.807) is 6.08 Å². The summed E-state index contributed by atoms with van der Waals surface area (Å²) in [6.07, 6.45) is 9.04. The molecule has 170 valence electrons. The quantitative estimate of drug-likeness (QED) is 0.272. The maximum Gasteiger partial charge on any atom is 0.338 e. The lowest BCUT2D eigenvalue weighted by Gasteiger charge is -2.44. The fourth-order valence-electron chi connectivity index (χ4n) is 2.88. The van der Waals surface area contributed by atoms with Gasteiger partial charge in [-0.3, -0.25) is 4.79 Å². The minimum Gasteiger partial charge on any atom is -0.462 e. The molecule has 1 aromatic carbocycles. The van der Waals surface area contributed by atoms with E-state index in [0.717, 1.165) is 13.0 Å². The number of rotatable bonds is 9. The highest BCUT2D eigenvalue weighted by Crippen LogP contribution is 2.36. The van der Waals surface area contributed by atoms with Gasteiger partial charge in [0.05, 0.1) is 11.6 Å². The molecular weight excluding hydrogens is 392 g/mol. The van der Waals surface area contributed by atoms with Crippen LogP contribution in [0.2, 0.25) is 0 Å². The number of likely N-dealkylation sites (tertiary alicyclic amines) is 1. The average molecular weight is 429 g/mol. The van der Waals surface area contributed by atoms with Crippen molar-refractivity contribution in [2.24, 2.45) is 0 Å². The Morgan fingerprint density at radius 2 is 1.97 bits per heavy atom. The van der Waals surface area contributed by atoms with Crippen molar-refractivity contribution >= 4 is 12.4 Å². The summed E-state index contributed by atoms with van der Waals surface area (Å²) in [5, 5.41) is 2.95. The molecule has 0 radical (unpaired) electrons. The first kappa shape index (κ1) is 26.2. The van der Waals surface area contributed by atoms with Gasteiger partial charge in [0.2, 0.25) is 0 Å². The SMILES string of the molecule is C=C/C=C\C(=C/C)N1CCC1c1ccc(C(=O)OCCNC)cc1.CC(C)(C)OC=O. The minimum absolute atomic E-state index is 0.273. The van der Waals surface area contributed by atoms with Gasteiger partial charge < -0.3 is 19.7 Å². The van der Waals surface area contributed by atoms with E-state index in [-0.39, 0.29) is 11.6 Å². The molecule has 1 fully saturated rings. The molecule has 1 aromatic rings. The number of nitrogens with zero attached hydrogens (tertiary/aromatic N) is 1. The number of hydrogen-bond acceptors (Lipinski definition) is 6. The molecule has 31 heavy (non-hydrogen) atoms. The van der Waals surface area contributed by atoms with E-state index in [2.05, 4.69) is 33.7 Å². The molecule has 0 aliphatic carbocycles. The van der Waals surface area contributed by atoms with E-state index in [4.69, 9.17) is 4.74 Å². The summed E-state index contributed by atoms with van der Waals surface area (Å²) in [5.74, 6) is -0.273. The van der Waals surface area contributed by atoms with Crippen molar-refractivity contribution in [3.8, 4) is 0 Å². The first-order valence-electron chi connectivity index (χ1n) is 10.5. The Labute approximate surface area is 186 Å².